The van der Waals surface area contributed by atoms with Gasteiger partial charge in [-0.3, -0.25) is 14.6 Å². The number of halogens is 1. The molecule has 0 N–H and O–H groups in total. The van der Waals surface area contributed by atoms with Gasteiger partial charge in [-0.25, -0.2) is 19.9 Å². The van der Waals surface area contributed by atoms with Crippen LogP contribution in [-0.2, 0) is 9.53 Å². The lowest BCUT2D eigenvalue weighted by atomic mass is 10.2. The molecule has 0 radical (unpaired) electrons. The van der Waals surface area contributed by atoms with Gasteiger partial charge in [0.2, 0.25) is 6.23 Å². The molecule has 9 heteroatoms. The molecule has 1 atom stereocenters. The highest BCUT2D eigenvalue weighted by atomic mass is 35.5. The first-order chi connectivity index (χ1) is 13.0. The molecule has 0 aromatic carbocycles. The van der Waals surface area contributed by atoms with Crippen molar-refractivity contribution in [3.8, 4) is 0 Å². The van der Waals surface area contributed by atoms with Gasteiger partial charge >= 0.3 is 5.97 Å². The number of aromatic nitrogens is 4. The number of rotatable bonds is 3. The Balaban J connectivity index is 1.82. The zero-order chi connectivity index (χ0) is 19.1. The summed E-state index contributed by atoms with van der Waals surface area (Å²) in [6.45, 7) is 3.42. The number of esters is 1. The average Bonchev–Trinajstić information content (AvgIpc) is 2.93. The number of fused-ring (bicyclic) bond motifs is 2. The van der Waals surface area contributed by atoms with E-state index in [1.165, 1.54) is 17.3 Å². The van der Waals surface area contributed by atoms with Crippen LogP contribution >= 0.6 is 11.6 Å². The van der Waals surface area contributed by atoms with E-state index in [-0.39, 0.29) is 28.3 Å². The maximum atomic E-state index is 12.9. The maximum Gasteiger partial charge on any atom is 0.310 e. The molecule has 8 nitrogen and oxygen atoms in total. The van der Waals surface area contributed by atoms with Gasteiger partial charge < -0.3 is 4.74 Å². The van der Waals surface area contributed by atoms with Crippen LogP contribution in [0.3, 0.4) is 0 Å². The Bertz CT molecular complexity index is 1070. The second kappa shape index (κ2) is 6.55. The molecule has 3 aromatic heterocycles. The highest BCUT2D eigenvalue weighted by Gasteiger charge is 2.43. The maximum absolute atomic E-state index is 12.9. The van der Waals surface area contributed by atoms with Gasteiger partial charge in [-0.15, -0.1) is 0 Å². The summed E-state index contributed by atoms with van der Waals surface area (Å²) in [6, 6.07) is 6.85. The van der Waals surface area contributed by atoms with E-state index in [9.17, 15) is 9.59 Å². The number of anilines is 1. The molecular weight excluding hydrogens is 370 g/mol. The van der Waals surface area contributed by atoms with Crippen molar-refractivity contribution in [2.75, 3.05) is 4.90 Å². The normalized spacial score (nSPS) is 16.1. The zero-order valence-electron chi connectivity index (χ0n) is 14.5. The molecule has 4 rings (SSSR count). The monoisotopic (exact) mass is 383 g/mol. The van der Waals surface area contributed by atoms with Crippen molar-refractivity contribution < 1.29 is 14.3 Å². The smallest absolute Gasteiger partial charge is 0.310 e. The van der Waals surface area contributed by atoms with Gasteiger partial charge in [0.25, 0.3) is 5.91 Å². The standard InChI is InChI=1S/C18H14ClN5O3/c1-9(2)18(26)27-17-14-13(20-7-8-21-14)16(25)24(17)12-6-4-10-3-5-11(19)22-15(10)23-12/h3-9,17H,1-2H3. The van der Waals surface area contributed by atoms with E-state index in [0.717, 1.165) is 5.39 Å². The zero-order valence-corrected chi connectivity index (χ0v) is 15.2. The van der Waals surface area contributed by atoms with Crippen LogP contribution in [0, 0.1) is 5.92 Å². The summed E-state index contributed by atoms with van der Waals surface area (Å²) < 4.78 is 5.55. The molecule has 1 aliphatic heterocycles. The molecule has 0 fully saturated rings. The number of carbonyl (C=O) groups is 2. The number of ether oxygens (including phenoxy) is 1. The second-order valence-corrected chi connectivity index (χ2v) is 6.65. The van der Waals surface area contributed by atoms with E-state index >= 15 is 0 Å². The number of hydrogen-bond acceptors (Lipinski definition) is 7. The minimum Gasteiger partial charge on any atom is -0.435 e. The molecule has 3 aromatic rings. The summed E-state index contributed by atoms with van der Waals surface area (Å²) in [7, 11) is 0. The van der Waals surface area contributed by atoms with Crippen LogP contribution in [0.1, 0.15) is 36.3 Å². The Labute approximate surface area is 159 Å². The van der Waals surface area contributed by atoms with Crippen LogP contribution in [0.25, 0.3) is 11.0 Å². The van der Waals surface area contributed by atoms with E-state index in [1.54, 1.807) is 38.1 Å². The number of carbonyl (C=O) groups excluding carboxylic acids is 2. The predicted molar refractivity (Wildman–Crippen MR) is 97.1 cm³/mol. The highest BCUT2D eigenvalue weighted by molar-refractivity contribution is 6.29. The lowest BCUT2D eigenvalue weighted by Crippen LogP contribution is -2.32. The van der Waals surface area contributed by atoms with Crippen LogP contribution in [-0.4, -0.2) is 31.8 Å². The number of pyridine rings is 2. The first-order valence-electron chi connectivity index (χ1n) is 8.24. The van der Waals surface area contributed by atoms with Gasteiger partial charge in [-0.05, 0) is 24.3 Å². The molecule has 1 amide bonds. The third kappa shape index (κ3) is 2.97. The van der Waals surface area contributed by atoms with Crippen LogP contribution in [0.15, 0.2) is 36.7 Å². The van der Waals surface area contributed by atoms with Crippen LogP contribution in [0.5, 0.6) is 0 Å². The van der Waals surface area contributed by atoms with Crippen molar-refractivity contribution in [2.45, 2.75) is 20.1 Å². The molecule has 0 spiro atoms. The summed E-state index contributed by atoms with van der Waals surface area (Å²) in [5.41, 5.74) is 0.774. The van der Waals surface area contributed by atoms with Gasteiger partial charge in [-0.1, -0.05) is 25.4 Å². The number of amides is 1. The Kier molecular flexibility index (Phi) is 4.19. The van der Waals surface area contributed by atoms with E-state index in [0.29, 0.717) is 5.65 Å². The molecule has 27 heavy (non-hydrogen) atoms. The van der Waals surface area contributed by atoms with E-state index < -0.39 is 18.1 Å². The summed E-state index contributed by atoms with van der Waals surface area (Å²) in [6.07, 6.45) is 1.82. The van der Waals surface area contributed by atoms with Crippen molar-refractivity contribution in [1.82, 2.24) is 19.9 Å². The minimum atomic E-state index is -1.04. The third-order valence-corrected chi connectivity index (χ3v) is 4.28. The van der Waals surface area contributed by atoms with Crippen molar-refractivity contribution in [3.05, 3.63) is 53.2 Å². The Morgan fingerprint density at radius 3 is 2.67 bits per heavy atom. The minimum absolute atomic E-state index is 0.125. The molecule has 0 saturated carbocycles. The third-order valence-electron chi connectivity index (χ3n) is 4.07. The fraction of sp³-hybridized carbons (Fsp3) is 0.222. The lowest BCUT2D eigenvalue weighted by Gasteiger charge is -2.24. The Morgan fingerprint density at radius 1 is 1.15 bits per heavy atom. The fourth-order valence-electron chi connectivity index (χ4n) is 2.72. The second-order valence-electron chi connectivity index (χ2n) is 6.26. The quantitative estimate of drug-likeness (QED) is 0.506. The first kappa shape index (κ1) is 17.3. The van der Waals surface area contributed by atoms with Gasteiger partial charge in [0, 0.05) is 17.8 Å². The van der Waals surface area contributed by atoms with Crippen LogP contribution < -0.4 is 4.90 Å². The summed E-state index contributed by atoms with van der Waals surface area (Å²) >= 11 is 5.94. The highest BCUT2D eigenvalue weighted by Crippen LogP contribution is 2.36. The van der Waals surface area contributed by atoms with E-state index in [4.69, 9.17) is 16.3 Å². The van der Waals surface area contributed by atoms with Crippen molar-refractivity contribution in [3.63, 3.8) is 0 Å². The molecule has 0 saturated heterocycles. The van der Waals surface area contributed by atoms with Gasteiger partial charge in [0.1, 0.15) is 16.7 Å². The van der Waals surface area contributed by atoms with E-state index in [2.05, 4.69) is 19.9 Å². The van der Waals surface area contributed by atoms with Gasteiger partial charge in [0.15, 0.2) is 11.3 Å². The molecule has 0 aliphatic carbocycles. The van der Waals surface area contributed by atoms with Crippen LogP contribution in [0.2, 0.25) is 5.15 Å². The molecule has 1 unspecified atom stereocenters. The van der Waals surface area contributed by atoms with Crippen molar-refractivity contribution in [2.24, 2.45) is 5.92 Å². The largest absolute Gasteiger partial charge is 0.435 e. The van der Waals surface area contributed by atoms with Crippen molar-refractivity contribution >= 4 is 40.3 Å². The SMILES string of the molecule is CC(C)C(=O)OC1c2nccnc2C(=O)N1c1ccc2ccc(Cl)nc2n1. The molecule has 1 aliphatic rings. The topological polar surface area (TPSA) is 98.2 Å². The lowest BCUT2D eigenvalue weighted by molar-refractivity contribution is -0.152. The predicted octanol–water partition coefficient (Wildman–Crippen LogP) is 2.93. The summed E-state index contributed by atoms with van der Waals surface area (Å²) in [4.78, 5) is 43.2. The van der Waals surface area contributed by atoms with Crippen molar-refractivity contribution in [1.29, 1.82) is 0 Å². The van der Waals surface area contributed by atoms with Gasteiger partial charge in [0.05, 0.1) is 5.92 Å². The van der Waals surface area contributed by atoms with E-state index in [1.807, 2.05) is 0 Å². The first-order valence-corrected chi connectivity index (χ1v) is 8.62. The average molecular weight is 384 g/mol. The molecule has 0 bridgehead atoms. The van der Waals surface area contributed by atoms with Gasteiger partial charge in [-0.2, -0.15) is 0 Å². The van der Waals surface area contributed by atoms with Crippen LogP contribution in [0.4, 0.5) is 5.82 Å². The molecule has 136 valence electrons. The molecular formula is C18H14ClN5O3. The fourth-order valence-corrected chi connectivity index (χ4v) is 2.86. The Morgan fingerprint density at radius 2 is 1.89 bits per heavy atom. The number of nitrogens with zero attached hydrogens (tertiary/aromatic N) is 5. The summed E-state index contributed by atoms with van der Waals surface area (Å²) in [5, 5.41) is 1.05. The summed E-state index contributed by atoms with van der Waals surface area (Å²) in [5.74, 6) is -1.01. The number of hydrogen-bond donors (Lipinski definition) is 0. The Hall–Kier alpha value is -3.13. The molecule has 4 heterocycles.